The summed E-state index contributed by atoms with van der Waals surface area (Å²) in [6, 6.07) is 0. The number of aliphatic hydroxyl groups excluding tert-OH is 1. The van der Waals surface area contributed by atoms with Gasteiger partial charge in [0.25, 0.3) is 0 Å². The van der Waals surface area contributed by atoms with E-state index in [1.165, 1.54) is 0 Å². The summed E-state index contributed by atoms with van der Waals surface area (Å²) in [6.45, 7) is 0. The summed E-state index contributed by atoms with van der Waals surface area (Å²) in [6.07, 6.45) is -4.96. The smallest absolute Gasteiger partial charge is 0.393 e. The molecule has 1 rings (SSSR count). The van der Waals surface area contributed by atoms with Crippen LogP contribution in [0.4, 0.5) is 13.2 Å². The number of ether oxygens (including phenoxy) is 1. The SMILES string of the molecule is COC(=O)C1C(O)=CC(=O)CC1C(F)(F)F. The Hall–Kier alpha value is -1.53. The number of hydrogen-bond donors (Lipinski definition) is 1. The zero-order valence-corrected chi connectivity index (χ0v) is 8.25. The van der Waals surface area contributed by atoms with Crippen molar-refractivity contribution in [2.75, 3.05) is 7.11 Å². The van der Waals surface area contributed by atoms with Gasteiger partial charge in [-0.2, -0.15) is 13.2 Å². The van der Waals surface area contributed by atoms with Gasteiger partial charge in [0, 0.05) is 12.5 Å². The van der Waals surface area contributed by atoms with Crippen LogP contribution < -0.4 is 0 Å². The van der Waals surface area contributed by atoms with Crippen molar-refractivity contribution < 1.29 is 32.6 Å². The standard InChI is InChI=1S/C9H9F3O4/c1-16-8(15)7-5(9(10,11)12)2-4(13)3-6(7)14/h3,5,7,14H,2H2,1H3. The number of esters is 1. The van der Waals surface area contributed by atoms with Crippen molar-refractivity contribution in [1.29, 1.82) is 0 Å². The molecular weight excluding hydrogens is 229 g/mol. The van der Waals surface area contributed by atoms with Crippen LogP contribution in [-0.2, 0) is 14.3 Å². The maximum atomic E-state index is 12.5. The van der Waals surface area contributed by atoms with Crippen LogP contribution in [-0.4, -0.2) is 30.1 Å². The highest BCUT2D eigenvalue weighted by molar-refractivity contribution is 5.93. The van der Waals surface area contributed by atoms with Crippen LogP contribution >= 0.6 is 0 Å². The second-order valence-corrected chi connectivity index (χ2v) is 3.39. The molecule has 1 N–H and O–H groups in total. The minimum absolute atomic E-state index is 0.629. The molecule has 0 spiro atoms. The number of ketones is 1. The fourth-order valence-electron chi connectivity index (χ4n) is 1.57. The molecule has 7 heteroatoms. The molecule has 0 saturated heterocycles. The van der Waals surface area contributed by atoms with Crippen LogP contribution in [0.15, 0.2) is 11.8 Å². The lowest BCUT2D eigenvalue weighted by molar-refractivity contribution is -0.199. The van der Waals surface area contributed by atoms with Gasteiger partial charge in [-0.25, -0.2) is 0 Å². The molecule has 0 aromatic heterocycles. The molecule has 0 bridgehead atoms. The van der Waals surface area contributed by atoms with Crippen molar-refractivity contribution in [3.8, 4) is 0 Å². The number of allylic oxidation sites excluding steroid dienone is 1. The lowest BCUT2D eigenvalue weighted by Gasteiger charge is -2.28. The maximum absolute atomic E-state index is 12.5. The van der Waals surface area contributed by atoms with Crippen molar-refractivity contribution in [3.63, 3.8) is 0 Å². The zero-order valence-electron chi connectivity index (χ0n) is 8.25. The van der Waals surface area contributed by atoms with Gasteiger partial charge in [0.1, 0.15) is 11.7 Å². The molecule has 0 aromatic carbocycles. The summed E-state index contributed by atoms with van der Waals surface area (Å²) >= 11 is 0. The number of methoxy groups -OCH3 is 1. The topological polar surface area (TPSA) is 63.6 Å². The van der Waals surface area contributed by atoms with Gasteiger partial charge in [0.15, 0.2) is 5.78 Å². The summed E-state index contributed by atoms with van der Waals surface area (Å²) in [7, 11) is 0.916. The fourth-order valence-corrected chi connectivity index (χ4v) is 1.57. The van der Waals surface area contributed by atoms with Crippen LogP contribution in [0.25, 0.3) is 0 Å². The normalized spacial score (nSPS) is 26.2. The molecule has 1 aliphatic rings. The van der Waals surface area contributed by atoms with Crippen LogP contribution in [0.1, 0.15) is 6.42 Å². The third-order valence-corrected chi connectivity index (χ3v) is 2.33. The quantitative estimate of drug-likeness (QED) is 0.701. The molecule has 4 nitrogen and oxygen atoms in total. The Bertz CT molecular complexity index is 345. The highest BCUT2D eigenvalue weighted by Gasteiger charge is 2.52. The lowest BCUT2D eigenvalue weighted by Crippen LogP contribution is -2.40. The predicted molar refractivity (Wildman–Crippen MR) is 45.4 cm³/mol. The summed E-state index contributed by atoms with van der Waals surface area (Å²) in [5, 5.41) is 9.21. The second kappa shape index (κ2) is 4.15. The first-order valence-corrected chi connectivity index (χ1v) is 4.35. The van der Waals surface area contributed by atoms with E-state index in [1.807, 2.05) is 0 Å². The molecule has 2 unspecified atom stereocenters. The van der Waals surface area contributed by atoms with Crippen LogP contribution in [0.2, 0.25) is 0 Å². The highest BCUT2D eigenvalue weighted by Crippen LogP contribution is 2.40. The number of carbonyl (C=O) groups excluding carboxylic acids is 2. The van der Waals surface area contributed by atoms with E-state index in [9.17, 15) is 27.9 Å². The minimum atomic E-state index is -4.74. The van der Waals surface area contributed by atoms with E-state index in [0.717, 1.165) is 7.11 Å². The molecule has 0 amide bonds. The molecule has 2 atom stereocenters. The fraction of sp³-hybridized carbons (Fsp3) is 0.556. The van der Waals surface area contributed by atoms with Crippen molar-refractivity contribution in [3.05, 3.63) is 11.8 Å². The van der Waals surface area contributed by atoms with Crippen molar-refractivity contribution in [2.24, 2.45) is 11.8 Å². The Morgan fingerprint density at radius 1 is 1.56 bits per heavy atom. The van der Waals surface area contributed by atoms with Gasteiger partial charge in [0.05, 0.1) is 13.0 Å². The Labute approximate surface area is 88.7 Å². The van der Waals surface area contributed by atoms with E-state index >= 15 is 0 Å². The average molecular weight is 238 g/mol. The Balaban J connectivity index is 3.11. The largest absolute Gasteiger partial charge is 0.511 e. The Morgan fingerprint density at radius 2 is 2.12 bits per heavy atom. The number of carbonyl (C=O) groups is 2. The van der Waals surface area contributed by atoms with E-state index < -0.39 is 41.9 Å². The molecule has 0 fully saturated rings. The first kappa shape index (κ1) is 12.5. The van der Waals surface area contributed by atoms with Gasteiger partial charge in [-0.3, -0.25) is 9.59 Å². The van der Waals surface area contributed by atoms with Gasteiger partial charge in [-0.05, 0) is 0 Å². The van der Waals surface area contributed by atoms with Crippen molar-refractivity contribution >= 4 is 11.8 Å². The van der Waals surface area contributed by atoms with E-state index in [2.05, 4.69) is 4.74 Å². The average Bonchev–Trinajstić information content (AvgIpc) is 2.14. The van der Waals surface area contributed by atoms with Gasteiger partial charge in [-0.15, -0.1) is 0 Å². The predicted octanol–water partition coefficient (Wildman–Crippen LogP) is 1.37. The summed E-state index contributed by atoms with van der Waals surface area (Å²) < 4.78 is 41.8. The first-order valence-electron chi connectivity index (χ1n) is 4.35. The number of aliphatic hydroxyl groups is 1. The molecule has 90 valence electrons. The third-order valence-electron chi connectivity index (χ3n) is 2.33. The first-order chi connectivity index (χ1) is 7.27. The zero-order chi connectivity index (χ0) is 12.5. The molecule has 1 aliphatic carbocycles. The summed E-state index contributed by atoms with van der Waals surface area (Å²) in [5.74, 6) is -7.03. The van der Waals surface area contributed by atoms with Crippen molar-refractivity contribution in [2.45, 2.75) is 12.6 Å². The number of rotatable bonds is 1. The molecule has 0 aromatic rings. The lowest BCUT2D eigenvalue weighted by atomic mass is 9.81. The molecule has 16 heavy (non-hydrogen) atoms. The maximum Gasteiger partial charge on any atom is 0.393 e. The van der Waals surface area contributed by atoms with Gasteiger partial charge >= 0.3 is 12.1 Å². The molecule has 0 heterocycles. The van der Waals surface area contributed by atoms with E-state index in [1.54, 1.807) is 0 Å². The van der Waals surface area contributed by atoms with Gasteiger partial charge in [-0.1, -0.05) is 0 Å². The molecule has 0 radical (unpaired) electrons. The van der Waals surface area contributed by atoms with E-state index in [0.29, 0.717) is 6.08 Å². The highest BCUT2D eigenvalue weighted by atomic mass is 19.4. The van der Waals surface area contributed by atoms with Crippen molar-refractivity contribution in [1.82, 2.24) is 0 Å². The van der Waals surface area contributed by atoms with Crippen LogP contribution in [0.5, 0.6) is 0 Å². The number of alkyl halides is 3. The van der Waals surface area contributed by atoms with Crippen LogP contribution in [0, 0.1) is 11.8 Å². The number of hydrogen-bond acceptors (Lipinski definition) is 4. The van der Waals surface area contributed by atoms with E-state index in [-0.39, 0.29) is 0 Å². The van der Waals surface area contributed by atoms with Gasteiger partial charge in [0.2, 0.25) is 0 Å². The van der Waals surface area contributed by atoms with E-state index in [4.69, 9.17) is 0 Å². The minimum Gasteiger partial charge on any atom is -0.511 e. The van der Waals surface area contributed by atoms with Gasteiger partial charge < -0.3 is 9.84 Å². The van der Waals surface area contributed by atoms with Crippen LogP contribution in [0.3, 0.4) is 0 Å². The Morgan fingerprint density at radius 3 is 2.56 bits per heavy atom. The monoisotopic (exact) mass is 238 g/mol. The molecule has 0 saturated carbocycles. The molecule has 0 aliphatic heterocycles. The Kier molecular flexibility index (Phi) is 3.25. The number of halogens is 3. The molecular formula is C9H9F3O4. The third kappa shape index (κ3) is 2.34. The summed E-state index contributed by atoms with van der Waals surface area (Å²) in [4.78, 5) is 22.0. The second-order valence-electron chi connectivity index (χ2n) is 3.39. The summed E-state index contributed by atoms with van der Waals surface area (Å²) in [5.41, 5.74) is 0.